The molecule has 1 amide bonds. The van der Waals surface area contributed by atoms with Gasteiger partial charge in [0.1, 0.15) is 5.82 Å². The van der Waals surface area contributed by atoms with Gasteiger partial charge in [0.2, 0.25) is 5.91 Å². The number of amides is 1. The van der Waals surface area contributed by atoms with Crippen molar-refractivity contribution in [2.24, 2.45) is 0 Å². The Kier molecular flexibility index (Phi) is 5.85. The third kappa shape index (κ3) is 4.68. The van der Waals surface area contributed by atoms with Crippen molar-refractivity contribution >= 4 is 5.91 Å². The summed E-state index contributed by atoms with van der Waals surface area (Å²) in [6.07, 6.45) is 6.80. The standard InChI is InChI=1S/C22H26FNO/c1-2-21(19-11-10-17-5-3-4-6-18(17)15-19)24-22(25)14-9-16-7-12-20(23)13-8-16/h7-8,10-13,15,21H,2-6,9,14H2,1H3,(H,24,25)/t21-/m0/s1. The minimum Gasteiger partial charge on any atom is -0.349 e. The summed E-state index contributed by atoms with van der Waals surface area (Å²) in [6.45, 7) is 2.10. The van der Waals surface area contributed by atoms with Crippen LogP contribution >= 0.6 is 0 Å². The topological polar surface area (TPSA) is 29.1 Å². The van der Waals surface area contributed by atoms with Crippen molar-refractivity contribution in [1.82, 2.24) is 5.32 Å². The fourth-order valence-corrected chi connectivity index (χ4v) is 3.57. The minimum absolute atomic E-state index is 0.0499. The number of halogens is 1. The molecule has 0 saturated heterocycles. The summed E-state index contributed by atoms with van der Waals surface area (Å²) in [5, 5.41) is 3.16. The zero-order chi connectivity index (χ0) is 17.6. The lowest BCUT2D eigenvalue weighted by molar-refractivity contribution is -0.121. The maximum atomic E-state index is 12.9. The highest BCUT2D eigenvalue weighted by Crippen LogP contribution is 2.26. The summed E-state index contributed by atoms with van der Waals surface area (Å²) in [7, 11) is 0. The quantitative estimate of drug-likeness (QED) is 0.796. The van der Waals surface area contributed by atoms with Crippen LogP contribution in [0.1, 0.15) is 60.9 Å². The molecule has 3 rings (SSSR count). The van der Waals surface area contributed by atoms with Crippen LogP contribution in [0.2, 0.25) is 0 Å². The number of rotatable bonds is 6. The molecule has 3 heteroatoms. The van der Waals surface area contributed by atoms with E-state index in [1.807, 2.05) is 0 Å². The van der Waals surface area contributed by atoms with Crippen molar-refractivity contribution in [3.63, 3.8) is 0 Å². The molecule has 1 aliphatic rings. The van der Waals surface area contributed by atoms with Crippen molar-refractivity contribution < 1.29 is 9.18 Å². The predicted molar refractivity (Wildman–Crippen MR) is 99.0 cm³/mol. The molecular weight excluding hydrogens is 313 g/mol. The van der Waals surface area contributed by atoms with Gasteiger partial charge in [-0.15, -0.1) is 0 Å². The first-order chi connectivity index (χ1) is 12.2. The van der Waals surface area contributed by atoms with E-state index in [-0.39, 0.29) is 17.8 Å². The Hall–Kier alpha value is -2.16. The number of aryl methyl sites for hydroxylation is 3. The van der Waals surface area contributed by atoms with Crippen LogP contribution in [-0.2, 0) is 24.1 Å². The molecule has 0 heterocycles. The van der Waals surface area contributed by atoms with Crippen molar-refractivity contribution in [1.29, 1.82) is 0 Å². The highest BCUT2D eigenvalue weighted by Gasteiger charge is 2.16. The molecule has 0 fully saturated rings. The summed E-state index contributed by atoms with van der Waals surface area (Å²) in [4.78, 5) is 12.3. The van der Waals surface area contributed by atoms with Crippen LogP contribution in [0.25, 0.3) is 0 Å². The van der Waals surface area contributed by atoms with Gasteiger partial charge in [0.05, 0.1) is 6.04 Å². The van der Waals surface area contributed by atoms with Crippen LogP contribution < -0.4 is 5.32 Å². The van der Waals surface area contributed by atoms with Crippen molar-refractivity contribution in [3.05, 3.63) is 70.5 Å². The highest BCUT2D eigenvalue weighted by molar-refractivity contribution is 5.76. The van der Waals surface area contributed by atoms with Crippen LogP contribution in [0.3, 0.4) is 0 Å². The zero-order valence-corrected chi connectivity index (χ0v) is 14.9. The molecule has 0 unspecified atom stereocenters. The van der Waals surface area contributed by atoms with Crippen molar-refractivity contribution in [2.45, 2.75) is 57.9 Å². The summed E-state index contributed by atoms with van der Waals surface area (Å²) in [5.74, 6) is -0.194. The summed E-state index contributed by atoms with van der Waals surface area (Å²) in [6, 6.07) is 13.1. The minimum atomic E-state index is -0.244. The van der Waals surface area contributed by atoms with Crippen molar-refractivity contribution in [3.8, 4) is 0 Å². The second-order valence-electron chi connectivity index (χ2n) is 6.89. The first kappa shape index (κ1) is 17.7. The molecule has 0 spiro atoms. The fourth-order valence-electron chi connectivity index (χ4n) is 3.57. The lowest BCUT2D eigenvalue weighted by Gasteiger charge is -2.21. The molecule has 132 valence electrons. The molecule has 2 nitrogen and oxygen atoms in total. The van der Waals surface area contributed by atoms with E-state index in [0.717, 1.165) is 18.4 Å². The van der Waals surface area contributed by atoms with Gasteiger partial charge in [0, 0.05) is 6.42 Å². The van der Waals surface area contributed by atoms with Crippen LogP contribution in [0, 0.1) is 5.82 Å². The molecule has 25 heavy (non-hydrogen) atoms. The number of hydrogen-bond donors (Lipinski definition) is 1. The van der Waals surface area contributed by atoms with Crippen LogP contribution in [0.4, 0.5) is 4.39 Å². The van der Waals surface area contributed by atoms with Gasteiger partial charge in [-0.25, -0.2) is 4.39 Å². The van der Waals surface area contributed by atoms with E-state index in [2.05, 4.69) is 30.4 Å². The normalized spacial score (nSPS) is 14.6. The van der Waals surface area contributed by atoms with Gasteiger partial charge in [-0.1, -0.05) is 37.3 Å². The van der Waals surface area contributed by atoms with E-state index in [9.17, 15) is 9.18 Å². The van der Waals surface area contributed by atoms with Crippen LogP contribution in [0.5, 0.6) is 0 Å². The average molecular weight is 339 g/mol. The number of fused-ring (bicyclic) bond motifs is 1. The molecule has 0 saturated carbocycles. The lowest BCUT2D eigenvalue weighted by atomic mass is 9.89. The molecule has 2 aromatic carbocycles. The van der Waals surface area contributed by atoms with E-state index in [4.69, 9.17) is 0 Å². The van der Waals surface area contributed by atoms with Crippen molar-refractivity contribution in [2.75, 3.05) is 0 Å². The van der Waals surface area contributed by atoms with E-state index < -0.39 is 0 Å². The first-order valence-electron chi connectivity index (χ1n) is 9.31. The summed E-state index contributed by atoms with van der Waals surface area (Å²) in [5.41, 5.74) is 5.10. The summed E-state index contributed by atoms with van der Waals surface area (Å²) < 4.78 is 12.9. The Morgan fingerprint density at radius 1 is 1.08 bits per heavy atom. The second-order valence-corrected chi connectivity index (χ2v) is 6.89. The van der Waals surface area contributed by atoms with Gasteiger partial charge >= 0.3 is 0 Å². The summed E-state index contributed by atoms with van der Waals surface area (Å²) >= 11 is 0. The van der Waals surface area contributed by atoms with Gasteiger partial charge in [-0.2, -0.15) is 0 Å². The molecule has 1 N–H and O–H groups in total. The first-order valence-corrected chi connectivity index (χ1v) is 9.31. The molecule has 0 aromatic heterocycles. The highest BCUT2D eigenvalue weighted by atomic mass is 19.1. The predicted octanol–water partition coefficient (Wildman–Crippen LogP) is 4.90. The van der Waals surface area contributed by atoms with Gasteiger partial charge < -0.3 is 5.32 Å². The molecular formula is C22H26FNO. The largest absolute Gasteiger partial charge is 0.349 e. The Morgan fingerprint density at radius 2 is 1.80 bits per heavy atom. The Balaban J connectivity index is 1.59. The molecule has 1 atom stereocenters. The Labute approximate surface area is 149 Å². The number of hydrogen-bond acceptors (Lipinski definition) is 1. The Bertz CT molecular complexity index is 723. The van der Waals surface area contributed by atoms with E-state index in [0.29, 0.717) is 12.8 Å². The van der Waals surface area contributed by atoms with E-state index >= 15 is 0 Å². The number of carbonyl (C=O) groups is 1. The van der Waals surface area contributed by atoms with E-state index in [1.54, 1.807) is 12.1 Å². The third-order valence-corrected chi connectivity index (χ3v) is 5.07. The molecule has 2 aromatic rings. The lowest BCUT2D eigenvalue weighted by Crippen LogP contribution is -2.28. The number of benzene rings is 2. The van der Waals surface area contributed by atoms with Gasteiger partial charge in [0.15, 0.2) is 0 Å². The maximum absolute atomic E-state index is 12.9. The van der Waals surface area contributed by atoms with Crippen LogP contribution in [0.15, 0.2) is 42.5 Å². The molecule has 0 bridgehead atoms. The maximum Gasteiger partial charge on any atom is 0.220 e. The van der Waals surface area contributed by atoms with Gasteiger partial charge in [0.25, 0.3) is 0 Å². The van der Waals surface area contributed by atoms with Gasteiger partial charge in [-0.05, 0) is 72.9 Å². The number of carbonyl (C=O) groups excluding carboxylic acids is 1. The average Bonchev–Trinajstić information content (AvgIpc) is 2.65. The molecule has 0 aliphatic heterocycles. The van der Waals surface area contributed by atoms with Crippen LogP contribution in [-0.4, -0.2) is 5.91 Å². The zero-order valence-electron chi connectivity index (χ0n) is 14.9. The van der Waals surface area contributed by atoms with Gasteiger partial charge in [-0.3, -0.25) is 4.79 Å². The monoisotopic (exact) mass is 339 g/mol. The third-order valence-electron chi connectivity index (χ3n) is 5.07. The Morgan fingerprint density at radius 3 is 2.52 bits per heavy atom. The molecule has 0 radical (unpaired) electrons. The number of nitrogens with one attached hydrogen (secondary N) is 1. The SMILES string of the molecule is CC[C@H](NC(=O)CCc1ccc(F)cc1)c1ccc2c(c1)CCCC2. The fraction of sp³-hybridized carbons (Fsp3) is 0.409. The van der Waals surface area contributed by atoms with E-state index in [1.165, 1.54) is 48.1 Å². The second kappa shape index (κ2) is 8.28. The smallest absolute Gasteiger partial charge is 0.220 e. The molecule has 1 aliphatic carbocycles.